The van der Waals surface area contributed by atoms with Gasteiger partial charge in [0.05, 0.1) is 6.04 Å². The van der Waals surface area contributed by atoms with Crippen LogP contribution in [-0.4, -0.2) is 10.2 Å². The van der Waals surface area contributed by atoms with E-state index in [2.05, 4.69) is 10.2 Å². The van der Waals surface area contributed by atoms with E-state index >= 15 is 0 Å². The predicted octanol–water partition coefficient (Wildman–Crippen LogP) is 0.967. The number of nitrogens with zero attached hydrogens (tertiary/aromatic N) is 2. The molecule has 1 atom stereocenters. The highest BCUT2D eigenvalue weighted by Crippen LogP contribution is 2.39. The van der Waals surface area contributed by atoms with Gasteiger partial charge in [-0.1, -0.05) is 0 Å². The lowest BCUT2D eigenvalue weighted by Gasteiger charge is -1.93. The smallest absolute Gasteiger partial charge is 0.232 e. The van der Waals surface area contributed by atoms with Crippen LogP contribution in [0.1, 0.15) is 43.5 Å². The van der Waals surface area contributed by atoms with Crippen LogP contribution in [0.15, 0.2) is 4.42 Å². The van der Waals surface area contributed by atoms with Crippen molar-refractivity contribution in [3.63, 3.8) is 0 Å². The fraction of sp³-hybridized carbons (Fsp3) is 0.714. The molecule has 0 radical (unpaired) electrons. The number of aromatic nitrogens is 2. The molecule has 11 heavy (non-hydrogen) atoms. The zero-order valence-electron chi connectivity index (χ0n) is 6.45. The van der Waals surface area contributed by atoms with E-state index in [0.29, 0.717) is 11.8 Å². The zero-order valence-corrected chi connectivity index (χ0v) is 6.45. The normalized spacial score (nSPS) is 20.2. The van der Waals surface area contributed by atoms with Gasteiger partial charge in [-0.15, -0.1) is 10.2 Å². The van der Waals surface area contributed by atoms with Crippen LogP contribution >= 0.6 is 0 Å². The van der Waals surface area contributed by atoms with Gasteiger partial charge in [0, 0.05) is 5.92 Å². The third-order valence-corrected chi connectivity index (χ3v) is 1.77. The highest BCUT2D eigenvalue weighted by molar-refractivity contribution is 5.00. The van der Waals surface area contributed by atoms with Crippen molar-refractivity contribution >= 4 is 0 Å². The monoisotopic (exact) mass is 153 g/mol. The van der Waals surface area contributed by atoms with Crippen molar-refractivity contribution < 1.29 is 4.42 Å². The number of hydrogen-bond donors (Lipinski definition) is 1. The number of nitrogens with two attached hydrogens (primary N) is 1. The van der Waals surface area contributed by atoms with Crippen molar-refractivity contribution in [1.29, 1.82) is 0 Å². The van der Waals surface area contributed by atoms with Gasteiger partial charge in [-0.05, 0) is 19.8 Å². The van der Waals surface area contributed by atoms with Gasteiger partial charge in [0.1, 0.15) is 0 Å². The van der Waals surface area contributed by atoms with E-state index in [-0.39, 0.29) is 6.04 Å². The average Bonchev–Trinajstić information content (AvgIpc) is 2.68. The summed E-state index contributed by atoms with van der Waals surface area (Å²) in [5, 5.41) is 7.74. The molecule has 0 aliphatic heterocycles. The van der Waals surface area contributed by atoms with E-state index in [1.165, 1.54) is 12.8 Å². The highest BCUT2D eigenvalue weighted by Gasteiger charge is 2.29. The first-order chi connectivity index (χ1) is 5.27. The fourth-order valence-corrected chi connectivity index (χ4v) is 0.926. The first kappa shape index (κ1) is 6.79. The molecule has 0 unspecified atom stereocenters. The van der Waals surface area contributed by atoms with Gasteiger partial charge in [-0.3, -0.25) is 0 Å². The maximum Gasteiger partial charge on any atom is 0.232 e. The lowest BCUT2D eigenvalue weighted by Crippen LogP contribution is -2.04. The van der Waals surface area contributed by atoms with Crippen LogP contribution in [0.4, 0.5) is 0 Å². The molecule has 1 aromatic rings. The Hall–Kier alpha value is -0.900. The molecule has 2 rings (SSSR count). The molecule has 1 aliphatic carbocycles. The molecule has 4 nitrogen and oxygen atoms in total. The predicted molar refractivity (Wildman–Crippen MR) is 38.9 cm³/mol. The van der Waals surface area contributed by atoms with Gasteiger partial charge < -0.3 is 10.2 Å². The second-order valence-electron chi connectivity index (χ2n) is 3.04. The van der Waals surface area contributed by atoms with Crippen molar-refractivity contribution in [2.45, 2.75) is 31.7 Å². The Morgan fingerprint density at radius 1 is 1.55 bits per heavy atom. The summed E-state index contributed by atoms with van der Waals surface area (Å²) >= 11 is 0. The summed E-state index contributed by atoms with van der Waals surface area (Å²) in [4.78, 5) is 0. The molecule has 0 saturated heterocycles. The first-order valence-corrected chi connectivity index (χ1v) is 3.86. The molecule has 0 bridgehead atoms. The van der Waals surface area contributed by atoms with E-state index in [9.17, 15) is 0 Å². The SMILES string of the molecule is C[C@H](N)c1nnc(C2CC2)o1. The Bertz CT molecular complexity index is 235. The lowest BCUT2D eigenvalue weighted by atomic mass is 10.4. The van der Waals surface area contributed by atoms with Gasteiger partial charge in [0.25, 0.3) is 0 Å². The van der Waals surface area contributed by atoms with Gasteiger partial charge in [-0.2, -0.15) is 0 Å². The zero-order chi connectivity index (χ0) is 7.84. The molecule has 60 valence electrons. The van der Waals surface area contributed by atoms with Crippen molar-refractivity contribution in [1.82, 2.24) is 10.2 Å². The minimum Gasteiger partial charge on any atom is -0.423 e. The molecule has 4 heteroatoms. The standard InChI is InChI=1S/C7H11N3O/c1-4(8)6-9-10-7(11-6)5-2-3-5/h4-5H,2-3,8H2,1H3/t4-/m0/s1. The average molecular weight is 153 g/mol. The Kier molecular flexibility index (Phi) is 1.42. The van der Waals surface area contributed by atoms with Crippen molar-refractivity contribution in [3.8, 4) is 0 Å². The molecule has 0 spiro atoms. The largest absolute Gasteiger partial charge is 0.423 e. The Morgan fingerprint density at radius 2 is 2.27 bits per heavy atom. The molecule has 1 aliphatic rings. The Balaban J connectivity index is 2.18. The molecule has 2 N–H and O–H groups in total. The molecule has 1 saturated carbocycles. The number of hydrogen-bond acceptors (Lipinski definition) is 4. The summed E-state index contributed by atoms with van der Waals surface area (Å²) in [6.07, 6.45) is 2.36. The fourth-order valence-electron chi connectivity index (χ4n) is 0.926. The third-order valence-electron chi connectivity index (χ3n) is 1.77. The van der Waals surface area contributed by atoms with E-state index in [1.807, 2.05) is 6.92 Å². The van der Waals surface area contributed by atoms with E-state index < -0.39 is 0 Å². The molecule has 0 aromatic carbocycles. The first-order valence-electron chi connectivity index (χ1n) is 3.86. The van der Waals surface area contributed by atoms with Gasteiger partial charge in [0.15, 0.2) is 0 Å². The minimum absolute atomic E-state index is 0.144. The highest BCUT2D eigenvalue weighted by atomic mass is 16.4. The molecule has 0 amide bonds. The minimum atomic E-state index is -0.144. The quantitative estimate of drug-likeness (QED) is 0.687. The lowest BCUT2D eigenvalue weighted by molar-refractivity contribution is 0.428. The summed E-state index contributed by atoms with van der Waals surface area (Å²) in [5.41, 5.74) is 5.55. The second-order valence-corrected chi connectivity index (χ2v) is 3.04. The summed E-state index contributed by atoms with van der Waals surface area (Å²) in [7, 11) is 0. The van der Waals surface area contributed by atoms with Crippen LogP contribution in [0, 0.1) is 0 Å². The van der Waals surface area contributed by atoms with Crippen molar-refractivity contribution in [2.24, 2.45) is 5.73 Å². The van der Waals surface area contributed by atoms with E-state index in [4.69, 9.17) is 10.2 Å². The maximum atomic E-state index is 5.55. The summed E-state index contributed by atoms with van der Waals surface area (Å²) in [5.74, 6) is 1.83. The summed E-state index contributed by atoms with van der Waals surface area (Å²) in [6.45, 7) is 1.84. The van der Waals surface area contributed by atoms with Crippen LogP contribution in [0.2, 0.25) is 0 Å². The van der Waals surface area contributed by atoms with Gasteiger partial charge in [0.2, 0.25) is 11.8 Å². The van der Waals surface area contributed by atoms with Crippen LogP contribution in [-0.2, 0) is 0 Å². The summed E-state index contributed by atoms with van der Waals surface area (Å²) < 4.78 is 5.32. The van der Waals surface area contributed by atoms with E-state index in [0.717, 1.165) is 5.89 Å². The number of rotatable bonds is 2. The van der Waals surface area contributed by atoms with Crippen LogP contribution in [0.5, 0.6) is 0 Å². The van der Waals surface area contributed by atoms with Gasteiger partial charge in [-0.25, -0.2) is 0 Å². The molecule has 1 fully saturated rings. The van der Waals surface area contributed by atoms with Gasteiger partial charge >= 0.3 is 0 Å². The van der Waals surface area contributed by atoms with E-state index in [1.54, 1.807) is 0 Å². The van der Waals surface area contributed by atoms with Crippen LogP contribution in [0.25, 0.3) is 0 Å². The second kappa shape index (κ2) is 2.30. The molecule has 1 heterocycles. The third kappa shape index (κ3) is 1.26. The summed E-state index contributed by atoms with van der Waals surface area (Å²) in [6, 6.07) is -0.144. The molecule has 1 aromatic heterocycles. The Labute approximate surface area is 64.8 Å². The maximum absolute atomic E-state index is 5.55. The van der Waals surface area contributed by atoms with Crippen molar-refractivity contribution in [3.05, 3.63) is 11.8 Å². The van der Waals surface area contributed by atoms with Crippen molar-refractivity contribution in [2.75, 3.05) is 0 Å². The van der Waals surface area contributed by atoms with Crippen LogP contribution < -0.4 is 5.73 Å². The molecular weight excluding hydrogens is 142 g/mol. The Morgan fingerprint density at radius 3 is 2.73 bits per heavy atom. The topological polar surface area (TPSA) is 64.9 Å². The van der Waals surface area contributed by atoms with Crippen LogP contribution in [0.3, 0.4) is 0 Å². The molecular formula is C7H11N3O.